The minimum atomic E-state index is -1.12. The second-order valence-corrected chi connectivity index (χ2v) is 9.44. The quantitative estimate of drug-likeness (QED) is 0.439. The summed E-state index contributed by atoms with van der Waals surface area (Å²) in [6.45, 7) is -0.280. The van der Waals surface area contributed by atoms with Crippen molar-refractivity contribution in [3.05, 3.63) is 54.6 Å². The average molecular weight is 491 g/mol. The van der Waals surface area contributed by atoms with Crippen molar-refractivity contribution in [2.24, 2.45) is 11.8 Å². The zero-order valence-electron chi connectivity index (χ0n) is 19.4. The zero-order chi connectivity index (χ0) is 24.9. The van der Waals surface area contributed by atoms with Gasteiger partial charge in [-0.15, -0.1) is 5.10 Å². The lowest BCUT2D eigenvalue weighted by Gasteiger charge is -2.33. The van der Waals surface area contributed by atoms with Crippen molar-refractivity contribution in [1.29, 1.82) is 0 Å². The summed E-state index contributed by atoms with van der Waals surface area (Å²) in [6, 6.07) is 15.5. The molecule has 4 heterocycles. The van der Waals surface area contributed by atoms with E-state index in [0.29, 0.717) is 24.0 Å². The molecule has 6 rings (SSSR count). The van der Waals surface area contributed by atoms with Gasteiger partial charge in [0, 0.05) is 12.2 Å². The van der Waals surface area contributed by atoms with Gasteiger partial charge in [-0.3, -0.25) is 14.4 Å². The van der Waals surface area contributed by atoms with Crippen LogP contribution >= 0.6 is 0 Å². The number of ether oxygens (including phenoxy) is 1. The number of para-hydroxylation sites is 2. The molecule has 3 N–H and O–H groups in total. The fourth-order valence-electron chi connectivity index (χ4n) is 6.13. The maximum Gasteiger partial charge on any atom is 0.247 e. The van der Waals surface area contributed by atoms with Gasteiger partial charge in [-0.2, -0.15) is 0 Å². The van der Waals surface area contributed by atoms with E-state index in [-0.39, 0.29) is 31.6 Å². The molecular formula is C25H26N6O5. The Morgan fingerprint density at radius 2 is 1.89 bits per heavy atom. The molecule has 0 aliphatic carbocycles. The van der Waals surface area contributed by atoms with Crippen LogP contribution in [0.1, 0.15) is 12.8 Å². The number of anilines is 1. The van der Waals surface area contributed by atoms with Gasteiger partial charge < -0.3 is 25.4 Å². The van der Waals surface area contributed by atoms with E-state index in [1.165, 1.54) is 4.90 Å². The SMILES string of the molecule is O=C(NCn1nnc2ccccc21)C1N(CCO)C(=O)[C@@H]2[C@@H](C(=O)Nc3ccccc3)[C@H]3CCC12O3. The van der Waals surface area contributed by atoms with Crippen molar-refractivity contribution < 1.29 is 24.2 Å². The Labute approximate surface area is 206 Å². The van der Waals surface area contributed by atoms with Crippen molar-refractivity contribution >= 4 is 34.4 Å². The molecule has 1 spiro atoms. The molecule has 1 aromatic heterocycles. The minimum Gasteiger partial charge on any atom is -0.395 e. The highest BCUT2D eigenvalue weighted by Crippen LogP contribution is 2.58. The van der Waals surface area contributed by atoms with Gasteiger partial charge in [-0.1, -0.05) is 35.5 Å². The van der Waals surface area contributed by atoms with Crippen LogP contribution in [0.3, 0.4) is 0 Å². The van der Waals surface area contributed by atoms with E-state index in [2.05, 4.69) is 20.9 Å². The number of aliphatic hydroxyl groups is 1. The Morgan fingerprint density at radius 1 is 1.11 bits per heavy atom. The summed E-state index contributed by atoms with van der Waals surface area (Å²) in [6.07, 6.45) is 0.602. The Kier molecular flexibility index (Phi) is 5.45. The van der Waals surface area contributed by atoms with Gasteiger partial charge in [-0.05, 0) is 37.1 Å². The predicted molar refractivity (Wildman–Crippen MR) is 127 cm³/mol. The number of β-amino-alcohol motifs (C(OH)–C–C–N with tert-alkyl or cyclic N) is 1. The fourth-order valence-corrected chi connectivity index (χ4v) is 6.13. The van der Waals surface area contributed by atoms with Gasteiger partial charge in [0.05, 0.1) is 30.1 Å². The molecular weight excluding hydrogens is 464 g/mol. The van der Waals surface area contributed by atoms with Crippen molar-refractivity contribution in [3.8, 4) is 0 Å². The first-order chi connectivity index (χ1) is 17.5. The molecule has 3 amide bonds. The first-order valence-corrected chi connectivity index (χ1v) is 12.0. The molecule has 3 fully saturated rings. The van der Waals surface area contributed by atoms with Crippen LogP contribution in [-0.2, 0) is 25.8 Å². The Morgan fingerprint density at radius 3 is 2.69 bits per heavy atom. The molecule has 5 atom stereocenters. The van der Waals surface area contributed by atoms with Crippen LogP contribution in [0.25, 0.3) is 11.0 Å². The van der Waals surface area contributed by atoms with Gasteiger partial charge in [0.1, 0.15) is 23.8 Å². The number of hydrogen-bond donors (Lipinski definition) is 3. The highest BCUT2D eigenvalue weighted by atomic mass is 16.5. The molecule has 11 heteroatoms. The highest BCUT2D eigenvalue weighted by Gasteiger charge is 2.74. The highest BCUT2D eigenvalue weighted by molar-refractivity contribution is 6.02. The molecule has 11 nitrogen and oxygen atoms in total. The number of carbonyl (C=O) groups is 3. The van der Waals surface area contributed by atoms with Crippen LogP contribution in [0.5, 0.6) is 0 Å². The van der Waals surface area contributed by atoms with Crippen molar-refractivity contribution in [2.75, 3.05) is 18.5 Å². The Balaban J connectivity index is 1.26. The van der Waals surface area contributed by atoms with Crippen LogP contribution in [0.2, 0.25) is 0 Å². The van der Waals surface area contributed by atoms with Crippen LogP contribution < -0.4 is 10.6 Å². The number of amides is 3. The maximum absolute atomic E-state index is 13.6. The average Bonchev–Trinajstić information content (AvgIpc) is 3.63. The summed E-state index contributed by atoms with van der Waals surface area (Å²) < 4.78 is 7.91. The zero-order valence-corrected chi connectivity index (χ0v) is 19.4. The number of fused-ring (bicyclic) bond motifs is 2. The monoisotopic (exact) mass is 490 g/mol. The second-order valence-electron chi connectivity index (χ2n) is 9.44. The van der Waals surface area contributed by atoms with Crippen LogP contribution in [0.4, 0.5) is 5.69 Å². The lowest BCUT2D eigenvalue weighted by atomic mass is 9.70. The van der Waals surface area contributed by atoms with Crippen molar-refractivity contribution in [2.45, 2.75) is 37.3 Å². The molecule has 0 saturated carbocycles. The summed E-state index contributed by atoms with van der Waals surface area (Å²) in [4.78, 5) is 41.8. The third kappa shape index (κ3) is 3.38. The number of rotatable bonds is 7. The molecule has 2 bridgehead atoms. The standard InChI is InChI=1S/C25H26N6O5/c32-13-12-30-21(23(34)26-14-31-17-9-5-4-8-16(17)28-29-31)25-11-10-18(36-25)19(20(25)24(30)35)22(33)27-15-6-2-1-3-7-15/h1-9,18-21,32H,10-14H2,(H,26,34)(H,27,33)/t18-,19+,20+,21?,25?/m1/s1. The van der Waals surface area contributed by atoms with E-state index in [0.717, 1.165) is 5.52 Å². The molecule has 0 radical (unpaired) electrons. The summed E-state index contributed by atoms with van der Waals surface area (Å²) >= 11 is 0. The van der Waals surface area contributed by atoms with Crippen LogP contribution in [0.15, 0.2) is 54.6 Å². The van der Waals surface area contributed by atoms with E-state index < -0.39 is 35.5 Å². The predicted octanol–water partition coefficient (Wildman–Crippen LogP) is 0.511. The summed E-state index contributed by atoms with van der Waals surface area (Å²) in [5.74, 6) is -2.57. The number of carbonyl (C=O) groups excluding carboxylic acids is 3. The normalized spacial score (nSPS) is 28.5. The first-order valence-electron chi connectivity index (χ1n) is 12.0. The number of aliphatic hydroxyl groups excluding tert-OH is 1. The summed E-state index contributed by atoms with van der Waals surface area (Å²) in [7, 11) is 0. The molecule has 186 valence electrons. The number of nitrogens with one attached hydrogen (secondary N) is 2. The number of nitrogens with zero attached hydrogens (tertiary/aromatic N) is 4. The van der Waals surface area contributed by atoms with Crippen molar-refractivity contribution in [3.63, 3.8) is 0 Å². The van der Waals surface area contributed by atoms with Gasteiger partial charge in [0.25, 0.3) is 0 Å². The topological polar surface area (TPSA) is 139 Å². The van der Waals surface area contributed by atoms with E-state index in [1.807, 2.05) is 42.5 Å². The van der Waals surface area contributed by atoms with Gasteiger partial charge in [0.15, 0.2) is 0 Å². The third-order valence-electron chi connectivity index (χ3n) is 7.56. The number of benzene rings is 2. The smallest absolute Gasteiger partial charge is 0.247 e. The number of hydrogen-bond acceptors (Lipinski definition) is 7. The number of likely N-dealkylation sites (tertiary alicyclic amines) is 1. The Hall–Kier alpha value is -3.83. The van der Waals surface area contributed by atoms with E-state index in [9.17, 15) is 19.5 Å². The summed E-state index contributed by atoms with van der Waals surface area (Å²) in [5, 5.41) is 23.6. The molecule has 3 aliphatic heterocycles. The largest absolute Gasteiger partial charge is 0.395 e. The van der Waals surface area contributed by atoms with Gasteiger partial charge in [-0.25, -0.2) is 4.68 Å². The van der Waals surface area contributed by atoms with E-state index in [1.54, 1.807) is 16.8 Å². The lowest BCUT2D eigenvalue weighted by molar-refractivity contribution is -0.142. The second kappa shape index (κ2) is 8.68. The van der Waals surface area contributed by atoms with E-state index in [4.69, 9.17) is 4.74 Å². The minimum absolute atomic E-state index is 0.0253. The van der Waals surface area contributed by atoms with Gasteiger partial charge >= 0.3 is 0 Å². The molecule has 2 aromatic carbocycles. The van der Waals surface area contributed by atoms with Crippen LogP contribution in [0, 0.1) is 11.8 Å². The fraction of sp³-hybridized carbons (Fsp3) is 0.400. The lowest BCUT2D eigenvalue weighted by Crippen LogP contribution is -2.55. The Bertz CT molecular complexity index is 1330. The maximum atomic E-state index is 13.6. The van der Waals surface area contributed by atoms with Gasteiger partial charge in [0.2, 0.25) is 17.7 Å². The molecule has 3 saturated heterocycles. The summed E-state index contributed by atoms with van der Waals surface area (Å²) in [5.41, 5.74) is 0.975. The van der Waals surface area contributed by atoms with Crippen LogP contribution in [-0.4, -0.2) is 73.6 Å². The molecule has 2 unspecified atom stereocenters. The van der Waals surface area contributed by atoms with E-state index >= 15 is 0 Å². The number of aromatic nitrogens is 3. The van der Waals surface area contributed by atoms with Crippen molar-refractivity contribution in [1.82, 2.24) is 25.2 Å². The third-order valence-corrected chi connectivity index (χ3v) is 7.56. The molecule has 36 heavy (non-hydrogen) atoms. The first kappa shape index (κ1) is 22.6. The molecule has 3 aromatic rings. The molecule has 3 aliphatic rings.